The molecule has 3 aromatic rings. The van der Waals surface area contributed by atoms with Crippen LogP contribution >= 0.6 is 0 Å². The van der Waals surface area contributed by atoms with E-state index in [-0.39, 0.29) is 10.3 Å². The molecule has 1 amide bonds. The number of carbonyl (C=O) groups excluding carboxylic acids is 1. The monoisotopic (exact) mass is 438 g/mol. The normalized spacial score (nSPS) is 11.8. The van der Waals surface area contributed by atoms with Gasteiger partial charge in [0, 0.05) is 5.69 Å². The number of nitrogens with two attached hydrogens (primary N) is 1. The smallest absolute Gasteiger partial charge is 0.259 e. The number of rotatable bonds is 5. The third-order valence-electron chi connectivity index (χ3n) is 4.73. The van der Waals surface area contributed by atoms with Crippen LogP contribution in [0.1, 0.15) is 42.3 Å². The van der Waals surface area contributed by atoms with Gasteiger partial charge in [0.2, 0.25) is 10.0 Å². The van der Waals surface area contributed by atoms with Gasteiger partial charge in [0.25, 0.3) is 5.91 Å². The second kappa shape index (κ2) is 8.53. The average Bonchev–Trinajstić information content (AvgIpc) is 2.67. The van der Waals surface area contributed by atoms with Gasteiger partial charge in [0.05, 0.1) is 10.5 Å². The fourth-order valence-electron chi connectivity index (χ4n) is 3.02. The molecule has 0 atom stereocenters. The van der Waals surface area contributed by atoms with E-state index in [2.05, 4.69) is 26.1 Å². The second-order valence-electron chi connectivity index (χ2n) is 8.41. The molecule has 31 heavy (non-hydrogen) atoms. The quantitative estimate of drug-likeness (QED) is 0.587. The minimum Gasteiger partial charge on any atom is -0.457 e. The summed E-state index contributed by atoms with van der Waals surface area (Å²) >= 11 is 0. The van der Waals surface area contributed by atoms with Crippen molar-refractivity contribution in [1.82, 2.24) is 0 Å². The minimum atomic E-state index is -3.88. The van der Waals surface area contributed by atoms with Gasteiger partial charge >= 0.3 is 0 Å². The molecular formula is C24H26N2O4S. The number of ether oxygens (including phenoxy) is 1. The first kappa shape index (κ1) is 22.5. The van der Waals surface area contributed by atoms with Gasteiger partial charge in [-0.15, -0.1) is 0 Å². The summed E-state index contributed by atoms with van der Waals surface area (Å²) < 4.78 is 29.3. The summed E-state index contributed by atoms with van der Waals surface area (Å²) in [4.78, 5) is 13.0. The van der Waals surface area contributed by atoms with Crippen molar-refractivity contribution in [3.63, 3.8) is 0 Å². The van der Waals surface area contributed by atoms with E-state index < -0.39 is 15.9 Å². The number of hydrogen-bond acceptors (Lipinski definition) is 4. The van der Waals surface area contributed by atoms with Crippen LogP contribution in [0.4, 0.5) is 5.69 Å². The Morgan fingerprint density at radius 3 is 2.32 bits per heavy atom. The molecule has 0 heterocycles. The lowest BCUT2D eigenvalue weighted by Crippen LogP contribution is -2.16. The van der Waals surface area contributed by atoms with Crippen LogP contribution in [-0.2, 0) is 15.4 Å². The zero-order chi connectivity index (χ0) is 22.8. The van der Waals surface area contributed by atoms with Crippen molar-refractivity contribution in [1.29, 1.82) is 0 Å². The molecule has 7 heteroatoms. The van der Waals surface area contributed by atoms with Gasteiger partial charge in [-0.1, -0.05) is 45.0 Å². The molecule has 0 aliphatic rings. The van der Waals surface area contributed by atoms with Gasteiger partial charge in [-0.25, -0.2) is 13.6 Å². The van der Waals surface area contributed by atoms with Crippen LogP contribution in [0.5, 0.6) is 11.5 Å². The first-order valence-electron chi connectivity index (χ1n) is 9.77. The number of benzene rings is 3. The van der Waals surface area contributed by atoms with Crippen LogP contribution in [0.3, 0.4) is 0 Å². The minimum absolute atomic E-state index is 0.0791. The highest BCUT2D eigenvalue weighted by molar-refractivity contribution is 7.89. The van der Waals surface area contributed by atoms with Crippen molar-refractivity contribution in [3.05, 3.63) is 83.4 Å². The number of nitrogens with one attached hydrogen (secondary N) is 1. The predicted octanol–water partition coefficient (Wildman–Crippen LogP) is 4.98. The van der Waals surface area contributed by atoms with E-state index in [4.69, 9.17) is 9.88 Å². The van der Waals surface area contributed by atoms with E-state index >= 15 is 0 Å². The van der Waals surface area contributed by atoms with Gasteiger partial charge in [0.15, 0.2) is 0 Å². The van der Waals surface area contributed by atoms with E-state index in [9.17, 15) is 13.2 Å². The molecule has 0 fully saturated rings. The Kier molecular flexibility index (Phi) is 6.20. The number of aryl methyl sites for hydroxylation is 1. The fourth-order valence-corrected chi connectivity index (χ4v) is 3.58. The number of hydrogen-bond donors (Lipinski definition) is 2. The van der Waals surface area contributed by atoms with Gasteiger partial charge in [-0.05, 0) is 65.9 Å². The van der Waals surface area contributed by atoms with Crippen LogP contribution in [0.2, 0.25) is 0 Å². The van der Waals surface area contributed by atoms with Crippen LogP contribution < -0.4 is 15.2 Å². The summed E-state index contributed by atoms with van der Waals surface area (Å²) in [5, 5.41) is 7.91. The number of carbonyl (C=O) groups is 1. The Morgan fingerprint density at radius 2 is 1.68 bits per heavy atom. The van der Waals surface area contributed by atoms with Crippen molar-refractivity contribution in [2.24, 2.45) is 5.14 Å². The molecule has 0 aliphatic carbocycles. The topological polar surface area (TPSA) is 98.5 Å². The molecule has 162 valence electrons. The Hall–Kier alpha value is -3.16. The Labute approximate surface area is 183 Å². The largest absolute Gasteiger partial charge is 0.457 e. The number of amides is 1. The van der Waals surface area contributed by atoms with Crippen LogP contribution in [0.15, 0.2) is 71.6 Å². The highest BCUT2D eigenvalue weighted by Crippen LogP contribution is 2.32. The molecular weight excluding hydrogens is 412 g/mol. The molecule has 6 nitrogen and oxygen atoms in total. The van der Waals surface area contributed by atoms with E-state index in [1.54, 1.807) is 12.1 Å². The van der Waals surface area contributed by atoms with Crippen molar-refractivity contribution in [2.45, 2.75) is 38.0 Å². The molecule has 0 spiro atoms. The molecule has 3 rings (SSSR count). The third kappa shape index (κ3) is 5.71. The Balaban J connectivity index is 1.98. The average molecular weight is 439 g/mol. The zero-order valence-electron chi connectivity index (χ0n) is 18.0. The molecule has 0 aliphatic heterocycles. The van der Waals surface area contributed by atoms with E-state index in [0.29, 0.717) is 22.7 Å². The lowest BCUT2D eigenvalue weighted by molar-refractivity contribution is 0.102. The highest BCUT2D eigenvalue weighted by atomic mass is 32.2. The number of sulfonamides is 1. The predicted molar refractivity (Wildman–Crippen MR) is 122 cm³/mol. The lowest BCUT2D eigenvalue weighted by Gasteiger charge is -2.21. The molecule has 0 radical (unpaired) electrons. The second-order valence-corrected chi connectivity index (χ2v) is 9.97. The van der Waals surface area contributed by atoms with E-state index in [1.165, 1.54) is 18.2 Å². The molecule has 0 saturated heterocycles. The van der Waals surface area contributed by atoms with Crippen molar-refractivity contribution >= 4 is 21.6 Å². The molecule has 0 aromatic heterocycles. The molecule has 3 aromatic carbocycles. The zero-order valence-corrected chi connectivity index (χ0v) is 18.8. The van der Waals surface area contributed by atoms with Gasteiger partial charge in [-0.2, -0.15) is 0 Å². The van der Waals surface area contributed by atoms with Crippen molar-refractivity contribution in [3.8, 4) is 11.5 Å². The van der Waals surface area contributed by atoms with Crippen molar-refractivity contribution in [2.75, 3.05) is 5.32 Å². The maximum atomic E-state index is 13.0. The van der Waals surface area contributed by atoms with Crippen LogP contribution in [0.25, 0.3) is 0 Å². The molecule has 0 saturated carbocycles. The SMILES string of the molecule is Cc1cccc(Oc2cc(C(C)(C)C)ccc2C(=O)Nc2cccc(S(N)(=O)=O)c2)c1. The Morgan fingerprint density at radius 1 is 0.968 bits per heavy atom. The summed E-state index contributed by atoms with van der Waals surface area (Å²) in [6.07, 6.45) is 0. The standard InChI is InChI=1S/C24H26N2O4S/c1-16-7-5-9-19(13-16)30-22-14-17(24(2,3)4)11-12-21(22)23(27)26-18-8-6-10-20(15-18)31(25,28)29/h5-15H,1-4H3,(H,26,27)(H2,25,28,29). The van der Waals surface area contributed by atoms with Gasteiger partial charge in [0.1, 0.15) is 11.5 Å². The summed E-state index contributed by atoms with van der Waals surface area (Å²) in [7, 11) is -3.88. The molecule has 0 unspecified atom stereocenters. The number of anilines is 1. The van der Waals surface area contributed by atoms with Crippen LogP contribution in [-0.4, -0.2) is 14.3 Å². The maximum absolute atomic E-state index is 13.0. The first-order chi connectivity index (χ1) is 14.4. The summed E-state index contributed by atoms with van der Waals surface area (Å²) in [5.74, 6) is 0.615. The summed E-state index contributed by atoms with van der Waals surface area (Å²) in [6, 6.07) is 18.8. The summed E-state index contributed by atoms with van der Waals surface area (Å²) in [5.41, 5.74) is 2.57. The third-order valence-corrected chi connectivity index (χ3v) is 5.64. The Bertz CT molecular complexity index is 1230. The highest BCUT2D eigenvalue weighted by Gasteiger charge is 2.20. The summed E-state index contributed by atoms with van der Waals surface area (Å²) in [6.45, 7) is 8.20. The van der Waals surface area contributed by atoms with Gasteiger partial charge < -0.3 is 10.1 Å². The van der Waals surface area contributed by atoms with Crippen molar-refractivity contribution < 1.29 is 17.9 Å². The lowest BCUT2D eigenvalue weighted by atomic mass is 9.86. The molecule has 3 N–H and O–H groups in total. The van der Waals surface area contributed by atoms with E-state index in [0.717, 1.165) is 11.1 Å². The maximum Gasteiger partial charge on any atom is 0.259 e. The van der Waals surface area contributed by atoms with Crippen LogP contribution in [0, 0.1) is 6.92 Å². The van der Waals surface area contributed by atoms with Gasteiger partial charge in [-0.3, -0.25) is 4.79 Å². The molecule has 0 bridgehead atoms. The first-order valence-corrected chi connectivity index (χ1v) is 11.3. The number of primary sulfonamides is 1. The van der Waals surface area contributed by atoms with E-state index in [1.807, 2.05) is 43.3 Å². The fraction of sp³-hybridized carbons (Fsp3) is 0.208.